The van der Waals surface area contributed by atoms with Crippen molar-refractivity contribution in [1.82, 2.24) is 0 Å². The van der Waals surface area contributed by atoms with Gasteiger partial charge in [-0.1, -0.05) is 54.3 Å². The monoisotopic (exact) mass is 315 g/mol. The van der Waals surface area contributed by atoms with E-state index in [9.17, 15) is 9.18 Å². The van der Waals surface area contributed by atoms with E-state index in [0.717, 1.165) is 5.69 Å². The Balaban J connectivity index is 1.94. The Bertz CT molecular complexity index is 743. The minimum absolute atomic E-state index is 0.180. The molecule has 0 unspecified atom stereocenters. The van der Waals surface area contributed by atoms with Gasteiger partial charge in [0.15, 0.2) is 4.32 Å². The summed E-state index contributed by atoms with van der Waals surface area (Å²) >= 11 is 6.50. The molecule has 1 aliphatic heterocycles. The first-order chi connectivity index (χ1) is 10.1. The van der Waals surface area contributed by atoms with E-state index >= 15 is 0 Å². The SMILES string of the molecule is O=C1/C(=C\c2cccc(F)c2)SC(=S)N1c1ccccc1. The van der Waals surface area contributed by atoms with Gasteiger partial charge >= 0.3 is 0 Å². The number of carbonyl (C=O) groups excluding carboxylic acids is 1. The molecule has 2 nitrogen and oxygen atoms in total. The van der Waals surface area contributed by atoms with Crippen molar-refractivity contribution in [3.05, 3.63) is 70.9 Å². The van der Waals surface area contributed by atoms with Gasteiger partial charge in [-0.05, 0) is 35.9 Å². The molecule has 0 aromatic heterocycles. The minimum atomic E-state index is -0.331. The summed E-state index contributed by atoms with van der Waals surface area (Å²) in [7, 11) is 0. The highest BCUT2D eigenvalue weighted by molar-refractivity contribution is 8.27. The second kappa shape index (κ2) is 5.79. The zero-order chi connectivity index (χ0) is 14.8. The summed E-state index contributed by atoms with van der Waals surface area (Å²) in [6.07, 6.45) is 1.66. The van der Waals surface area contributed by atoms with Gasteiger partial charge < -0.3 is 0 Å². The summed E-state index contributed by atoms with van der Waals surface area (Å²) < 4.78 is 13.7. The second-order valence-electron chi connectivity index (χ2n) is 4.41. The number of anilines is 1. The number of hydrogen-bond acceptors (Lipinski definition) is 3. The molecule has 1 heterocycles. The Kier molecular flexibility index (Phi) is 3.86. The summed E-state index contributed by atoms with van der Waals surface area (Å²) in [6, 6.07) is 15.3. The van der Waals surface area contributed by atoms with Crippen LogP contribution in [0.2, 0.25) is 0 Å². The van der Waals surface area contributed by atoms with Crippen LogP contribution in [0.1, 0.15) is 5.56 Å². The first-order valence-electron chi connectivity index (χ1n) is 6.24. The van der Waals surface area contributed by atoms with Crippen LogP contribution in [-0.2, 0) is 4.79 Å². The Labute approximate surface area is 131 Å². The van der Waals surface area contributed by atoms with Crippen LogP contribution in [0.15, 0.2) is 59.5 Å². The fourth-order valence-corrected chi connectivity index (χ4v) is 3.31. The van der Waals surface area contributed by atoms with E-state index < -0.39 is 0 Å². The van der Waals surface area contributed by atoms with Crippen LogP contribution in [0.4, 0.5) is 10.1 Å². The molecule has 104 valence electrons. The van der Waals surface area contributed by atoms with Crippen LogP contribution in [0.3, 0.4) is 0 Å². The van der Waals surface area contributed by atoms with Crippen molar-refractivity contribution < 1.29 is 9.18 Å². The fraction of sp³-hybridized carbons (Fsp3) is 0. The Morgan fingerprint density at radius 2 is 1.86 bits per heavy atom. The third kappa shape index (κ3) is 2.89. The molecule has 0 N–H and O–H groups in total. The highest BCUT2D eigenvalue weighted by Gasteiger charge is 2.33. The van der Waals surface area contributed by atoms with Gasteiger partial charge in [0.05, 0.1) is 10.6 Å². The molecule has 1 amide bonds. The van der Waals surface area contributed by atoms with E-state index in [-0.39, 0.29) is 11.7 Å². The molecule has 0 spiro atoms. The molecular weight excluding hydrogens is 305 g/mol. The zero-order valence-electron chi connectivity index (χ0n) is 10.8. The number of rotatable bonds is 2. The molecule has 1 fully saturated rings. The first kappa shape index (κ1) is 14.0. The van der Waals surface area contributed by atoms with Crippen LogP contribution < -0.4 is 4.90 Å². The lowest BCUT2D eigenvalue weighted by Crippen LogP contribution is -2.27. The van der Waals surface area contributed by atoms with Crippen LogP contribution in [0.5, 0.6) is 0 Å². The highest BCUT2D eigenvalue weighted by atomic mass is 32.2. The molecule has 0 saturated carbocycles. The van der Waals surface area contributed by atoms with Gasteiger partial charge in [0.1, 0.15) is 5.82 Å². The second-order valence-corrected chi connectivity index (χ2v) is 6.08. The van der Waals surface area contributed by atoms with Gasteiger partial charge in [-0.2, -0.15) is 0 Å². The summed E-state index contributed by atoms with van der Waals surface area (Å²) in [5, 5.41) is 0. The summed E-state index contributed by atoms with van der Waals surface area (Å²) in [5.41, 5.74) is 1.38. The van der Waals surface area contributed by atoms with Crippen LogP contribution >= 0.6 is 24.0 Å². The molecule has 21 heavy (non-hydrogen) atoms. The number of amides is 1. The molecule has 0 aliphatic carbocycles. The van der Waals surface area contributed by atoms with Gasteiger partial charge in [-0.15, -0.1) is 0 Å². The van der Waals surface area contributed by atoms with E-state index in [2.05, 4.69) is 0 Å². The molecule has 0 bridgehead atoms. The molecule has 0 radical (unpaired) electrons. The molecule has 2 aromatic rings. The summed E-state index contributed by atoms with van der Waals surface area (Å²) in [4.78, 5) is 14.4. The van der Waals surface area contributed by atoms with E-state index in [4.69, 9.17) is 12.2 Å². The van der Waals surface area contributed by atoms with Crippen molar-refractivity contribution in [2.24, 2.45) is 0 Å². The zero-order valence-corrected chi connectivity index (χ0v) is 12.5. The van der Waals surface area contributed by atoms with Crippen LogP contribution in [0, 0.1) is 5.82 Å². The number of nitrogens with zero attached hydrogens (tertiary/aromatic N) is 1. The van der Waals surface area contributed by atoms with E-state index in [0.29, 0.717) is 14.8 Å². The number of halogens is 1. The lowest BCUT2D eigenvalue weighted by atomic mass is 10.2. The quantitative estimate of drug-likeness (QED) is 0.611. The number of thiocarbonyl (C=S) groups is 1. The molecule has 0 atom stereocenters. The number of hydrogen-bond donors (Lipinski definition) is 0. The minimum Gasteiger partial charge on any atom is -0.268 e. The number of thioether (sulfide) groups is 1. The number of benzene rings is 2. The van der Waals surface area contributed by atoms with Crippen molar-refractivity contribution >= 4 is 46.0 Å². The van der Waals surface area contributed by atoms with Crippen LogP contribution in [-0.4, -0.2) is 10.2 Å². The average Bonchev–Trinajstić information content (AvgIpc) is 2.74. The van der Waals surface area contributed by atoms with Crippen molar-refractivity contribution in [2.75, 3.05) is 4.90 Å². The van der Waals surface area contributed by atoms with Gasteiger partial charge in [0.25, 0.3) is 5.91 Å². The first-order valence-corrected chi connectivity index (χ1v) is 7.46. The summed E-state index contributed by atoms with van der Waals surface area (Å²) in [6.45, 7) is 0. The van der Waals surface area contributed by atoms with E-state index in [1.54, 1.807) is 18.2 Å². The molecular formula is C16H10FNOS2. The Hall–Kier alpha value is -1.98. The third-order valence-electron chi connectivity index (χ3n) is 2.95. The lowest BCUT2D eigenvalue weighted by Gasteiger charge is -2.13. The highest BCUT2D eigenvalue weighted by Crippen LogP contribution is 2.35. The Morgan fingerprint density at radius 1 is 1.10 bits per heavy atom. The van der Waals surface area contributed by atoms with Crippen molar-refractivity contribution in [1.29, 1.82) is 0 Å². The maximum absolute atomic E-state index is 13.2. The molecule has 5 heteroatoms. The third-order valence-corrected chi connectivity index (χ3v) is 4.26. The van der Waals surface area contributed by atoms with Gasteiger partial charge in [0, 0.05) is 0 Å². The van der Waals surface area contributed by atoms with Crippen molar-refractivity contribution in [3.63, 3.8) is 0 Å². The Morgan fingerprint density at radius 3 is 2.57 bits per heavy atom. The fourth-order valence-electron chi connectivity index (χ4n) is 2.02. The van der Waals surface area contributed by atoms with Crippen molar-refractivity contribution in [2.45, 2.75) is 0 Å². The maximum atomic E-state index is 13.2. The molecule has 1 aliphatic rings. The van der Waals surface area contributed by atoms with Gasteiger partial charge in [-0.3, -0.25) is 9.69 Å². The smallest absolute Gasteiger partial charge is 0.268 e. The largest absolute Gasteiger partial charge is 0.270 e. The topological polar surface area (TPSA) is 20.3 Å². The normalized spacial score (nSPS) is 16.8. The standard InChI is InChI=1S/C16H10FNOS2/c17-12-6-4-5-11(9-12)10-14-15(19)18(16(20)21-14)13-7-2-1-3-8-13/h1-10H/b14-10+. The molecule has 1 saturated heterocycles. The van der Waals surface area contributed by atoms with Crippen LogP contribution in [0.25, 0.3) is 6.08 Å². The number of para-hydroxylation sites is 1. The van der Waals surface area contributed by atoms with Crippen molar-refractivity contribution in [3.8, 4) is 0 Å². The van der Waals surface area contributed by atoms with E-state index in [1.165, 1.54) is 28.8 Å². The molecule has 2 aromatic carbocycles. The number of carbonyl (C=O) groups is 1. The predicted molar refractivity (Wildman–Crippen MR) is 88.5 cm³/mol. The molecule has 3 rings (SSSR count). The summed E-state index contributed by atoms with van der Waals surface area (Å²) in [5.74, 6) is -0.511. The maximum Gasteiger partial charge on any atom is 0.270 e. The van der Waals surface area contributed by atoms with Gasteiger partial charge in [0.2, 0.25) is 0 Å². The van der Waals surface area contributed by atoms with Gasteiger partial charge in [-0.25, -0.2) is 4.39 Å². The predicted octanol–water partition coefficient (Wildman–Crippen LogP) is 4.23. The van der Waals surface area contributed by atoms with E-state index in [1.807, 2.05) is 30.3 Å². The lowest BCUT2D eigenvalue weighted by molar-refractivity contribution is -0.113. The average molecular weight is 315 g/mol.